The standard InChI is InChI=1S/C31H28N8O/c1-20-15-23(7-9-32-20)35-24-17-29-31(34-19-24)38-30(37-29)21-3-2-4-22(16-21)36-28-8-10-33-27-6-5-25(18-26(27)28)39-11-13-40-14-12-39/h2-10,15-19H,11-14H2,1H3,(H,32,35)(H,33,36)(H,34,37,38). The fourth-order valence-electron chi connectivity index (χ4n) is 5.05. The predicted octanol–water partition coefficient (Wildman–Crippen LogP) is 6.20. The van der Waals surface area contributed by atoms with Crippen LogP contribution in [0.2, 0.25) is 0 Å². The molecular weight excluding hydrogens is 500 g/mol. The molecule has 6 aromatic rings. The van der Waals surface area contributed by atoms with Crippen molar-refractivity contribution in [1.29, 1.82) is 0 Å². The maximum Gasteiger partial charge on any atom is 0.157 e. The number of hydrogen-bond donors (Lipinski definition) is 3. The largest absolute Gasteiger partial charge is 0.378 e. The van der Waals surface area contributed by atoms with Crippen LogP contribution in [0.4, 0.5) is 28.4 Å². The minimum atomic E-state index is 0.737. The minimum absolute atomic E-state index is 0.737. The molecule has 0 radical (unpaired) electrons. The Labute approximate surface area is 231 Å². The van der Waals surface area contributed by atoms with Crippen molar-refractivity contribution in [3.63, 3.8) is 0 Å². The predicted molar refractivity (Wildman–Crippen MR) is 160 cm³/mol. The highest BCUT2D eigenvalue weighted by molar-refractivity contribution is 5.95. The van der Waals surface area contributed by atoms with Crippen LogP contribution in [-0.4, -0.2) is 51.2 Å². The van der Waals surface area contributed by atoms with E-state index in [1.807, 2.05) is 49.5 Å². The van der Waals surface area contributed by atoms with Crippen molar-refractivity contribution in [2.45, 2.75) is 6.92 Å². The summed E-state index contributed by atoms with van der Waals surface area (Å²) in [7, 11) is 0. The van der Waals surface area contributed by atoms with Gasteiger partial charge in [0.1, 0.15) is 11.3 Å². The molecule has 3 N–H and O–H groups in total. The zero-order valence-corrected chi connectivity index (χ0v) is 22.1. The quantitative estimate of drug-likeness (QED) is 0.235. The highest BCUT2D eigenvalue weighted by Gasteiger charge is 2.14. The molecule has 0 amide bonds. The van der Waals surface area contributed by atoms with Gasteiger partial charge in [0.15, 0.2) is 5.65 Å². The van der Waals surface area contributed by atoms with E-state index in [1.165, 1.54) is 5.69 Å². The van der Waals surface area contributed by atoms with Gasteiger partial charge in [0.05, 0.1) is 30.6 Å². The van der Waals surface area contributed by atoms with E-state index < -0.39 is 0 Å². The molecule has 1 aliphatic rings. The Hall–Kier alpha value is -5.02. The lowest BCUT2D eigenvalue weighted by molar-refractivity contribution is 0.122. The third-order valence-corrected chi connectivity index (χ3v) is 7.04. The Kier molecular flexibility index (Phi) is 6.18. The summed E-state index contributed by atoms with van der Waals surface area (Å²) >= 11 is 0. The minimum Gasteiger partial charge on any atom is -0.378 e. The molecule has 0 aliphatic carbocycles. The molecule has 0 atom stereocenters. The average Bonchev–Trinajstić information content (AvgIpc) is 3.42. The first kappa shape index (κ1) is 24.1. The SMILES string of the molecule is Cc1cc(Nc2cnc3[nH]c(-c4cccc(Nc5ccnc6ccc(N7CCOCC7)cc56)c4)nc3c2)ccn1. The molecule has 0 unspecified atom stereocenters. The average molecular weight is 529 g/mol. The number of nitrogens with one attached hydrogen (secondary N) is 3. The Balaban J connectivity index is 1.16. The maximum absolute atomic E-state index is 5.53. The molecule has 0 bridgehead atoms. The Morgan fingerprint density at radius 3 is 2.58 bits per heavy atom. The van der Waals surface area contributed by atoms with Crippen LogP contribution < -0.4 is 15.5 Å². The fraction of sp³-hybridized carbons (Fsp3) is 0.161. The number of H-pyrrole nitrogens is 1. The van der Waals surface area contributed by atoms with Gasteiger partial charge in [-0.15, -0.1) is 0 Å². The highest BCUT2D eigenvalue weighted by atomic mass is 16.5. The van der Waals surface area contributed by atoms with Gasteiger partial charge in [0.25, 0.3) is 0 Å². The summed E-state index contributed by atoms with van der Waals surface area (Å²) in [6, 6.07) is 22.6. The summed E-state index contributed by atoms with van der Waals surface area (Å²) in [5.74, 6) is 0.761. The molecule has 9 nitrogen and oxygen atoms in total. The summed E-state index contributed by atoms with van der Waals surface area (Å²) in [6.07, 6.45) is 5.43. The summed E-state index contributed by atoms with van der Waals surface area (Å²) in [5.41, 5.74) is 9.38. The number of fused-ring (bicyclic) bond motifs is 2. The second kappa shape index (κ2) is 10.3. The Bertz CT molecular complexity index is 1830. The van der Waals surface area contributed by atoms with Crippen LogP contribution in [0.5, 0.6) is 0 Å². The number of benzene rings is 2. The van der Waals surface area contributed by atoms with E-state index in [9.17, 15) is 0 Å². The van der Waals surface area contributed by atoms with Crippen molar-refractivity contribution in [2.75, 3.05) is 41.8 Å². The highest BCUT2D eigenvalue weighted by Crippen LogP contribution is 2.31. The monoisotopic (exact) mass is 528 g/mol. The lowest BCUT2D eigenvalue weighted by atomic mass is 10.1. The number of pyridine rings is 3. The van der Waals surface area contributed by atoms with Crippen LogP contribution in [0.3, 0.4) is 0 Å². The zero-order chi connectivity index (χ0) is 26.9. The van der Waals surface area contributed by atoms with Gasteiger partial charge < -0.3 is 25.3 Å². The fourth-order valence-corrected chi connectivity index (χ4v) is 5.05. The number of rotatable bonds is 6. The van der Waals surface area contributed by atoms with Crippen molar-refractivity contribution < 1.29 is 4.74 Å². The molecule has 7 rings (SSSR count). The number of anilines is 5. The number of aromatic nitrogens is 5. The van der Waals surface area contributed by atoms with E-state index in [0.29, 0.717) is 0 Å². The van der Waals surface area contributed by atoms with Gasteiger partial charge in [-0.2, -0.15) is 0 Å². The van der Waals surface area contributed by atoms with E-state index in [0.717, 1.165) is 88.2 Å². The van der Waals surface area contributed by atoms with Crippen molar-refractivity contribution >= 4 is 50.5 Å². The maximum atomic E-state index is 5.53. The first-order valence-corrected chi connectivity index (χ1v) is 13.3. The Morgan fingerprint density at radius 1 is 0.800 bits per heavy atom. The molecule has 1 aliphatic heterocycles. The van der Waals surface area contributed by atoms with E-state index in [2.05, 4.69) is 65.8 Å². The van der Waals surface area contributed by atoms with Gasteiger partial charge in [-0.25, -0.2) is 9.97 Å². The van der Waals surface area contributed by atoms with Crippen LogP contribution in [0, 0.1) is 6.92 Å². The lowest BCUT2D eigenvalue weighted by Gasteiger charge is -2.29. The first-order valence-electron chi connectivity index (χ1n) is 13.3. The smallest absolute Gasteiger partial charge is 0.157 e. The van der Waals surface area contributed by atoms with Crippen LogP contribution in [0.15, 0.2) is 85.3 Å². The van der Waals surface area contributed by atoms with Crippen LogP contribution >= 0.6 is 0 Å². The molecule has 40 heavy (non-hydrogen) atoms. The molecule has 0 saturated carbocycles. The van der Waals surface area contributed by atoms with Gasteiger partial charge in [0, 0.05) is 64.9 Å². The molecule has 5 heterocycles. The van der Waals surface area contributed by atoms with Crippen LogP contribution in [-0.2, 0) is 4.74 Å². The number of ether oxygens (including phenoxy) is 1. The van der Waals surface area contributed by atoms with Gasteiger partial charge in [-0.1, -0.05) is 12.1 Å². The van der Waals surface area contributed by atoms with Crippen molar-refractivity contribution in [1.82, 2.24) is 24.9 Å². The molecule has 1 fully saturated rings. The van der Waals surface area contributed by atoms with Crippen molar-refractivity contribution in [2.24, 2.45) is 0 Å². The molecule has 4 aromatic heterocycles. The second-order valence-corrected chi connectivity index (χ2v) is 9.85. The second-order valence-electron chi connectivity index (χ2n) is 9.85. The third kappa shape index (κ3) is 4.90. The van der Waals surface area contributed by atoms with Gasteiger partial charge in [-0.05, 0) is 61.5 Å². The first-order chi connectivity index (χ1) is 19.7. The van der Waals surface area contributed by atoms with Crippen molar-refractivity contribution in [3.8, 4) is 11.4 Å². The van der Waals surface area contributed by atoms with E-state index >= 15 is 0 Å². The van der Waals surface area contributed by atoms with E-state index in [-0.39, 0.29) is 0 Å². The summed E-state index contributed by atoms with van der Waals surface area (Å²) < 4.78 is 5.53. The van der Waals surface area contributed by atoms with E-state index in [1.54, 1.807) is 12.4 Å². The number of nitrogens with zero attached hydrogens (tertiary/aromatic N) is 5. The van der Waals surface area contributed by atoms with Crippen LogP contribution in [0.1, 0.15) is 5.69 Å². The lowest BCUT2D eigenvalue weighted by Crippen LogP contribution is -2.36. The number of aromatic amines is 1. The van der Waals surface area contributed by atoms with Gasteiger partial charge in [-0.3, -0.25) is 9.97 Å². The topological polar surface area (TPSA) is 104 Å². The summed E-state index contributed by atoms with van der Waals surface area (Å²) in [5, 5.41) is 8.07. The molecule has 1 saturated heterocycles. The summed E-state index contributed by atoms with van der Waals surface area (Å²) in [6.45, 7) is 5.26. The van der Waals surface area contributed by atoms with Crippen LogP contribution in [0.25, 0.3) is 33.5 Å². The molecule has 0 spiro atoms. The third-order valence-electron chi connectivity index (χ3n) is 7.04. The number of hydrogen-bond acceptors (Lipinski definition) is 8. The Morgan fingerprint density at radius 2 is 1.68 bits per heavy atom. The number of morpholine rings is 1. The van der Waals surface area contributed by atoms with Gasteiger partial charge in [0.2, 0.25) is 0 Å². The molecule has 9 heteroatoms. The number of aryl methyl sites for hydroxylation is 1. The normalized spacial score (nSPS) is 13.6. The van der Waals surface area contributed by atoms with E-state index in [4.69, 9.17) is 9.72 Å². The van der Waals surface area contributed by atoms with Crippen molar-refractivity contribution in [3.05, 3.63) is 91.0 Å². The zero-order valence-electron chi connectivity index (χ0n) is 22.1. The number of imidazole rings is 1. The molecular formula is C31H28N8O. The summed E-state index contributed by atoms with van der Waals surface area (Å²) in [4.78, 5) is 24.0. The molecule has 198 valence electrons. The van der Waals surface area contributed by atoms with Gasteiger partial charge >= 0.3 is 0 Å². The molecule has 2 aromatic carbocycles.